The molecule has 1 aromatic heterocycles. The molecule has 1 amide bonds. The lowest BCUT2D eigenvalue weighted by Crippen LogP contribution is -2.26. The van der Waals surface area contributed by atoms with E-state index in [1.807, 2.05) is 31.2 Å². The van der Waals surface area contributed by atoms with Gasteiger partial charge in [-0.1, -0.05) is 42.0 Å². The average Bonchev–Trinajstić information content (AvgIpc) is 2.98. The predicted molar refractivity (Wildman–Crippen MR) is 95.2 cm³/mol. The van der Waals surface area contributed by atoms with Crippen molar-refractivity contribution in [3.8, 4) is 5.69 Å². The Morgan fingerprint density at radius 2 is 1.80 bits per heavy atom. The van der Waals surface area contributed by atoms with Crippen LogP contribution in [-0.2, 0) is 6.54 Å². The normalized spacial score (nSPS) is 10.7. The summed E-state index contributed by atoms with van der Waals surface area (Å²) in [6, 6.07) is 14.4. The first-order valence-corrected chi connectivity index (χ1v) is 8.08. The molecule has 0 aliphatic heterocycles. The molecule has 5 heteroatoms. The topological polar surface area (TPSA) is 38.1 Å². The summed E-state index contributed by atoms with van der Waals surface area (Å²) in [7, 11) is 1.75. The number of aromatic nitrogens is 2. The molecule has 1 heterocycles. The zero-order valence-corrected chi connectivity index (χ0v) is 14.5. The number of halogens is 1. The van der Waals surface area contributed by atoms with Gasteiger partial charge in [0, 0.05) is 13.6 Å². The first kappa shape index (κ1) is 16.9. The molecule has 0 fully saturated rings. The van der Waals surface area contributed by atoms with Crippen LogP contribution in [0.3, 0.4) is 0 Å². The monoisotopic (exact) mass is 337 g/mol. The number of hydrogen-bond donors (Lipinski definition) is 0. The van der Waals surface area contributed by atoms with Gasteiger partial charge in [0.2, 0.25) is 0 Å². The molecule has 0 N–H and O–H groups in total. The Kier molecular flexibility index (Phi) is 4.65. The summed E-state index contributed by atoms with van der Waals surface area (Å²) in [5.74, 6) is -0.513. The van der Waals surface area contributed by atoms with Crippen LogP contribution >= 0.6 is 0 Å². The van der Waals surface area contributed by atoms with Crippen molar-refractivity contribution in [3.05, 3.63) is 82.9 Å². The summed E-state index contributed by atoms with van der Waals surface area (Å²) >= 11 is 0. The number of carbonyl (C=O) groups is 1. The molecule has 0 atom stereocenters. The smallest absolute Gasteiger partial charge is 0.257 e. The van der Waals surface area contributed by atoms with Crippen molar-refractivity contribution in [1.82, 2.24) is 14.7 Å². The van der Waals surface area contributed by atoms with Crippen LogP contribution in [-0.4, -0.2) is 27.6 Å². The molecule has 3 aromatic rings. The van der Waals surface area contributed by atoms with E-state index in [1.165, 1.54) is 22.5 Å². The van der Waals surface area contributed by atoms with Crippen molar-refractivity contribution < 1.29 is 9.18 Å². The standard InChI is InChI=1S/C20H20FN3O/c1-14-8-10-16(11-9-14)13-23(3)20(25)17-12-22-24(15(17)2)19-7-5-4-6-18(19)21/h4-12H,13H2,1-3H3. The largest absolute Gasteiger partial charge is 0.337 e. The number of para-hydroxylation sites is 1. The molecule has 0 unspecified atom stereocenters. The van der Waals surface area contributed by atoms with Crippen LogP contribution in [0.5, 0.6) is 0 Å². The van der Waals surface area contributed by atoms with Crippen molar-refractivity contribution in [2.24, 2.45) is 0 Å². The van der Waals surface area contributed by atoms with E-state index in [9.17, 15) is 9.18 Å². The van der Waals surface area contributed by atoms with Crippen LogP contribution in [0.1, 0.15) is 27.2 Å². The van der Waals surface area contributed by atoms with E-state index in [0.29, 0.717) is 23.5 Å². The highest BCUT2D eigenvalue weighted by atomic mass is 19.1. The molecule has 128 valence electrons. The molecule has 0 saturated heterocycles. The molecule has 2 aromatic carbocycles. The van der Waals surface area contributed by atoms with Crippen molar-refractivity contribution in [2.75, 3.05) is 7.05 Å². The number of hydrogen-bond acceptors (Lipinski definition) is 2. The third kappa shape index (κ3) is 3.45. The lowest BCUT2D eigenvalue weighted by molar-refractivity contribution is 0.0784. The SMILES string of the molecule is Cc1ccc(CN(C)C(=O)c2cnn(-c3ccccc3F)c2C)cc1. The first-order chi connectivity index (χ1) is 12.0. The third-order valence-electron chi connectivity index (χ3n) is 4.21. The average molecular weight is 337 g/mol. The molecule has 4 nitrogen and oxygen atoms in total. The molecule has 0 saturated carbocycles. The predicted octanol–water partition coefficient (Wildman–Crippen LogP) is 3.90. The van der Waals surface area contributed by atoms with Gasteiger partial charge in [0.25, 0.3) is 5.91 Å². The lowest BCUT2D eigenvalue weighted by Gasteiger charge is -2.17. The second-order valence-corrected chi connectivity index (χ2v) is 6.15. The second-order valence-electron chi connectivity index (χ2n) is 6.15. The maximum absolute atomic E-state index is 14.0. The molecule has 0 aliphatic rings. The maximum Gasteiger partial charge on any atom is 0.257 e. The maximum atomic E-state index is 14.0. The number of amides is 1. The highest BCUT2D eigenvalue weighted by Crippen LogP contribution is 2.18. The van der Waals surface area contributed by atoms with E-state index in [1.54, 1.807) is 37.1 Å². The summed E-state index contributed by atoms with van der Waals surface area (Å²) in [5, 5.41) is 4.20. The van der Waals surface area contributed by atoms with Gasteiger partial charge in [-0.2, -0.15) is 5.10 Å². The molecule has 3 rings (SSSR count). The first-order valence-electron chi connectivity index (χ1n) is 8.08. The zero-order chi connectivity index (χ0) is 18.0. The fraction of sp³-hybridized carbons (Fsp3) is 0.200. The Balaban J connectivity index is 1.83. The van der Waals surface area contributed by atoms with Crippen LogP contribution in [0, 0.1) is 19.7 Å². The summed E-state index contributed by atoms with van der Waals surface area (Å²) < 4.78 is 15.4. The minimum Gasteiger partial charge on any atom is -0.337 e. The van der Waals surface area contributed by atoms with Crippen LogP contribution in [0.25, 0.3) is 5.69 Å². The molecular weight excluding hydrogens is 317 g/mol. The molecule has 25 heavy (non-hydrogen) atoms. The summed E-state index contributed by atoms with van der Waals surface area (Å²) in [5.41, 5.74) is 3.66. The lowest BCUT2D eigenvalue weighted by atomic mass is 10.1. The zero-order valence-electron chi connectivity index (χ0n) is 14.5. The van der Waals surface area contributed by atoms with Crippen molar-refractivity contribution >= 4 is 5.91 Å². The van der Waals surface area contributed by atoms with Crippen LogP contribution in [0.4, 0.5) is 4.39 Å². The van der Waals surface area contributed by atoms with Crippen LogP contribution in [0.2, 0.25) is 0 Å². The van der Waals surface area contributed by atoms with Crippen molar-refractivity contribution in [2.45, 2.75) is 20.4 Å². The third-order valence-corrected chi connectivity index (χ3v) is 4.21. The number of rotatable bonds is 4. The Morgan fingerprint density at radius 3 is 2.48 bits per heavy atom. The number of aryl methyl sites for hydroxylation is 1. The van der Waals surface area contributed by atoms with Gasteiger partial charge in [0.05, 0.1) is 17.5 Å². The Morgan fingerprint density at radius 1 is 1.12 bits per heavy atom. The van der Waals surface area contributed by atoms with Gasteiger partial charge in [0.15, 0.2) is 0 Å². The van der Waals surface area contributed by atoms with E-state index in [0.717, 1.165) is 5.56 Å². The number of carbonyl (C=O) groups excluding carboxylic acids is 1. The van der Waals surface area contributed by atoms with E-state index >= 15 is 0 Å². The highest BCUT2D eigenvalue weighted by Gasteiger charge is 2.19. The molecule has 0 spiro atoms. The molecule has 0 bridgehead atoms. The number of nitrogens with zero attached hydrogens (tertiary/aromatic N) is 3. The Labute approximate surface area is 146 Å². The van der Waals surface area contributed by atoms with Crippen LogP contribution < -0.4 is 0 Å². The summed E-state index contributed by atoms with van der Waals surface area (Å²) in [6.45, 7) is 4.30. The Hall–Kier alpha value is -2.95. The van der Waals surface area contributed by atoms with Gasteiger partial charge in [-0.3, -0.25) is 4.79 Å². The van der Waals surface area contributed by atoms with Gasteiger partial charge in [-0.25, -0.2) is 9.07 Å². The van der Waals surface area contributed by atoms with Crippen molar-refractivity contribution in [1.29, 1.82) is 0 Å². The van der Waals surface area contributed by atoms with E-state index in [4.69, 9.17) is 0 Å². The van der Waals surface area contributed by atoms with Crippen LogP contribution in [0.15, 0.2) is 54.7 Å². The number of benzene rings is 2. The molecule has 0 aliphatic carbocycles. The van der Waals surface area contributed by atoms with E-state index in [-0.39, 0.29) is 11.7 Å². The van der Waals surface area contributed by atoms with E-state index in [2.05, 4.69) is 5.10 Å². The fourth-order valence-electron chi connectivity index (χ4n) is 2.73. The summed E-state index contributed by atoms with van der Waals surface area (Å²) in [6.07, 6.45) is 1.50. The van der Waals surface area contributed by atoms with Gasteiger partial charge in [0.1, 0.15) is 11.5 Å². The summed E-state index contributed by atoms with van der Waals surface area (Å²) in [4.78, 5) is 14.4. The minimum atomic E-state index is -0.374. The Bertz CT molecular complexity index is 900. The molecular formula is C20H20FN3O. The van der Waals surface area contributed by atoms with Gasteiger partial charge in [-0.15, -0.1) is 0 Å². The van der Waals surface area contributed by atoms with Gasteiger partial charge >= 0.3 is 0 Å². The second kappa shape index (κ2) is 6.89. The highest BCUT2D eigenvalue weighted by molar-refractivity contribution is 5.95. The van der Waals surface area contributed by atoms with Gasteiger partial charge < -0.3 is 4.90 Å². The minimum absolute atomic E-state index is 0.138. The fourth-order valence-corrected chi connectivity index (χ4v) is 2.73. The van der Waals surface area contributed by atoms with Gasteiger partial charge in [-0.05, 0) is 31.5 Å². The van der Waals surface area contributed by atoms with Crippen molar-refractivity contribution in [3.63, 3.8) is 0 Å². The quantitative estimate of drug-likeness (QED) is 0.724. The molecule has 0 radical (unpaired) electrons. The van der Waals surface area contributed by atoms with E-state index < -0.39 is 0 Å².